The molecule has 0 aliphatic heterocycles. The molecule has 0 fully saturated rings. The highest BCUT2D eigenvalue weighted by molar-refractivity contribution is 7.11. The summed E-state index contributed by atoms with van der Waals surface area (Å²) in [6.07, 6.45) is 4.89. The number of hydrogen-bond acceptors (Lipinski definition) is 4. The first kappa shape index (κ1) is 11.7. The summed E-state index contributed by atoms with van der Waals surface area (Å²) in [5.74, 6) is 1.06. The molecule has 2 heterocycles. The highest BCUT2D eigenvalue weighted by Gasteiger charge is 2.12. The van der Waals surface area contributed by atoms with Crippen LogP contribution in [0.25, 0.3) is 0 Å². The minimum atomic E-state index is 0.478. The maximum Gasteiger partial charge on any atom is 0.0957 e. The highest BCUT2D eigenvalue weighted by Crippen LogP contribution is 2.27. The van der Waals surface area contributed by atoms with Crippen LogP contribution in [-0.2, 0) is 6.42 Å². The lowest BCUT2D eigenvalue weighted by atomic mass is 10.1. The standard InChI is InChI=1S/C12H16N2S2/c1-8(2)10-7-14-11(16-10)6-9(3)12-13-4-5-15-12/h4-5,7-9H,6H2,1-3H3. The third-order valence-corrected chi connectivity index (χ3v) is 4.82. The SMILES string of the molecule is CC(C)c1cnc(CC(C)c2nccs2)s1. The molecule has 0 bridgehead atoms. The van der Waals surface area contributed by atoms with Gasteiger partial charge in [-0.25, -0.2) is 9.97 Å². The van der Waals surface area contributed by atoms with Crippen molar-refractivity contribution in [3.8, 4) is 0 Å². The molecule has 2 aromatic heterocycles. The molecule has 2 rings (SSSR count). The van der Waals surface area contributed by atoms with Gasteiger partial charge in [-0.1, -0.05) is 20.8 Å². The van der Waals surface area contributed by atoms with Crippen molar-refractivity contribution in [1.29, 1.82) is 0 Å². The van der Waals surface area contributed by atoms with Crippen LogP contribution in [0.4, 0.5) is 0 Å². The summed E-state index contributed by atoms with van der Waals surface area (Å²) in [7, 11) is 0. The zero-order valence-electron chi connectivity index (χ0n) is 9.80. The summed E-state index contributed by atoms with van der Waals surface area (Å²) < 4.78 is 0. The van der Waals surface area contributed by atoms with E-state index >= 15 is 0 Å². The quantitative estimate of drug-likeness (QED) is 0.819. The van der Waals surface area contributed by atoms with Gasteiger partial charge in [-0.05, 0) is 5.92 Å². The van der Waals surface area contributed by atoms with Gasteiger partial charge in [-0.2, -0.15) is 0 Å². The Kier molecular flexibility index (Phi) is 3.71. The first-order chi connectivity index (χ1) is 7.66. The van der Waals surface area contributed by atoms with Crippen LogP contribution in [0.15, 0.2) is 17.8 Å². The van der Waals surface area contributed by atoms with Crippen LogP contribution in [0.5, 0.6) is 0 Å². The third-order valence-electron chi connectivity index (χ3n) is 2.49. The molecule has 0 N–H and O–H groups in total. The predicted octanol–water partition coefficient (Wildman–Crippen LogP) is 4.07. The minimum absolute atomic E-state index is 0.478. The van der Waals surface area contributed by atoms with Gasteiger partial charge < -0.3 is 0 Å². The molecule has 1 unspecified atom stereocenters. The molecule has 2 aromatic rings. The van der Waals surface area contributed by atoms with Crippen molar-refractivity contribution >= 4 is 22.7 Å². The van der Waals surface area contributed by atoms with Gasteiger partial charge in [-0.3, -0.25) is 0 Å². The first-order valence-electron chi connectivity index (χ1n) is 5.50. The van der Waals surface area contributed by atoms with E-state index in [-0.39, 0.29) is 0 Å². The molecule has 0 amide bonds. The molecule has 0 saturated heterocycles. The maximum atomic E-state index is 4.48. The van der Waals surface area contributed by atoms with Crippen molar-refractivity contribution in [3.05, 3.63) is 32.7 Å². The van der Waals surface area contributed by atoms with E-state index in [4.69, 9.17) is 0 Å². The summed E-state index contributed by atoms with van der Waals surface area (Å²) >= 11 is 3.56. The van der Waals surface area contributed by atoms with Crippen LogP contribution in [-0.4, -0.2) is 9.97 Å². The van der Waals surface area contributed by atoms with Crippen molar-refractivity contribution in [2.75, 3.05) is 0 Å². The molecule has 1 atom stereocenters. The molecule has 0 radical (unpaired) electrons. The van der Waals surface area contributed by atoms with Gasteiger partial charge in [0.25, 0.3) is 0 Å². The van der Waals surface area contributed by atoms with E-state index in [1.165, 1.54) is 14.9 Å². The van der Waals surface area contributed by atoms with E-state index in [1.54, 1.807) is 11.3 Å². The Hall–Kier alpha value is -0.740. The molecule has 2 nitrogen and oxygen atoms in total. The summed E-state index contributed by atoms with van der Waals surface area (Å²) in [5, 5.41) is 4.47. The average Bonchev–Trinajstić information content (AvgIpc) is 2.87. The van der Waals surface area contributed by atoms with E-state index in [1.807, 2.05) is 29.1 Å². The summed E-state index contributed by atoms with van der Waals surface area (Å²) in [6.45, 7) is 6.64. The van der Waals surface area contributed by atoms with Crippen molar-refractivity contribution in [3.63, 3.8) is 0 Å². The minimum Gasteiger partial charge on any atom is -0.249 e. The Morgan fingerprint density at radius 3 is 2.62 bits per heavy atom. The summed E-state index contributed by atoms with van der Waals surface area (Å²) in [4.78, 5) is 10.2. The van der Waals surface area contributed by atoms with Crippen LogP contribution < -0.4 is 0 Å². The van der Waals surface area contributed by atoms with Crippen LogP contribution in [0.1, 0.15) is 47.5 Å². The van der Waals surface area contributed by atoms with E-state index in [0.29, 0.717) is 11.8 Å². The van der Waals surface area contributed by atoms with Gasteiger partial charge in [0.05, 0.1) is 10.0 Å². The lowest BCUT2D eigenvalue weighted by molar-refractivity contribution is 0.746. The van der Waals surface area contributed by atoms with Crippen LogP contribution in [0, 0.1) is 0 Å². The normalized spacial score (nSPS) is 13.2. The fourth-order valence-electron chi connectivity index (χ4n) is 1.51. The number of thiazole rings is 2. The summed E-state index contributed by atoms with van der Waals surface area (Å²) in [6, 6.07) is 0. The number of hydrogen-bond donors (Lipinski definition) is 0. The number of rotatable bonds is 4. The highest BCUT2D eigenvalue weighted by atomic mass is 32.1. The van der Waals surface area contributed by atoms with Gasteiger partial charge >= 0.3 is 0 Å². The Balaban J connectivity index is 2.03. The van der Waals surface area contributed by atoms with Crippen molar-refractivity contribution in [2.24, 2.45) is 0 Å². The van der Waals surface area contributed by atoms with E-state index in [0.717, 1.165) is 6.42 Å². The maximum absolute atomic E-state index is 4.48. The van der Waals surface area contributed by atoms with Gasteiger partial charge in [0, 0.05) is 35.0 Å². The Bertz CT molecular complexity index is 432. The lowest BCUT2D eigenvalue weighted by Crippen LogP contribution is -1.96. The smallest absolute Gasteiger partial charge is 0.0957 e. The van der Waals surface area contributed by atoms with Crippen molar-refractivity contribution in [1.82, 2.24) is 9.97 Å². The first-order valence-corrected chi connectivity index (χ1v) is 7.20. The molecule has 0 saturated carbocycles. The van der Waals surface area contributed by atoms with Crippen LogP contribution in [0.3, 0.4) is 0 Å². The number of nitrogens with zero attached hydrogens (tertiary/aromatic N) is 2. The monoisotopic (exact) mass is 252 g/mol. The average molecular weight is 252 g/mol. The van der Waals surface area contributed by atoms with Gasteiger partial charge in [0.1, 0.15) is 0 Å². The fraction of sp³-hybridized carbons (Fsp3) is 0.500. The second kappa shape index (κ2) is 5.06. The van der Waals surface area contributed by atoms with E-state index in [9.17, 15) is 0 Å². The molecule has 0 aliphatic carbocycles. The molecular formula is C12H16N2S2. The van der Waals surface area contributed by atoms with Crippen molar-refractivity contribution < 1.29 is 0 Å². The zero-order valence-corrected chi connectivity index (χ0v) is 11.4. The Labute approximate surface area is 104 Å². The molecule has 4 heteroatoms. The van der Waals surface area contributed by atoms with Crippen molar-refractivity contribution in [2.45, 2.75) is 39.0 Å². The van der Waals surface area contributed by atoms with E-state index < -0.39 is 0 Å². The summed E-state index contributed by atoms with van der Waals surface area (Å²) in [5.41, 5.74) is 0. The Morgan fingerprint density at radius 2 is 2.06 bits per heavy atom. The van der Waals surface area contributed by atoms with Gasteiger partial charge in [-0.15, -0.1) is 22.7 Å². The predicted molar refractivity (Wildman–Crippen MR) is 70.4 cm³/mol. The van der Waals surface area contributed by atoms with Gasteiger partial charge in [0.2, 0.25) is 0 Å². The molecule has 16 heavy (non-hydrogen) atoms. The molecule has 0 aliphatic rings. The molecular weight excluding hydrogens is 236 g/mol. The largest absolute Gasteiger partial charge is 0.249 e. The zero-order chi connectivity index (χ0) is 11.5. The van der Waals surface area contributed by atoms with Gasteiger partial charge in [0.15, 0.2) is 0 Å². The Morgan fingerprint density at radius 1 is 1.25 bits per heavy atom. The van der Waals surface area contributed by atoms with Crippen LogP contribution >= 0.6 is 22.7 Å². The second-order valence-corrected chi connectivity index (χ2v) is 6.36. The molecule has 86 valence electrons. The topological polar surface area (TPSA) is 25.8 Å². The molecule has 0 aromatic carbocycles. The third kappa shape index (κ3) is 2.68. The molecule has 0 spiro atoms. The van der Waals surface area contributed by atoms with Crippen LogP contribution in [0.2, 0.25) is 0 Å². The number of aromatic nitrogens is 2. The fourth-order valence-corrected chi connectivity index (χ4v) is 3.26. The lowest BCUT2D eigenvalue weighted by Gasteiger charge is -2.04. The van der Waals surface area contributed by atoms with E-state index in [2.05, 4.69) is 30.7 Å². The second-order valence-electron chi connectivity index (χ2n) is 4.29.